The predicted molar refractivity (Wildman–Crippen MR) is 132 cm³/mol. The molecule has 0 saturated heterocycles. The van der Waals surface area contributed by atoms with Crippen LogP contribution in [0.4, 0.5) is 11.4 Å². The summed E-state index contributed by atoms with van der Waals surface area (Å²) in [5, 5.41) is 22.6. The van der Waals surface area contributed by atoms with Crippen LogP contribution in [0.5, 0.6) is 11.5 Å². The minimum absolute atomic E-state index is 0. The number of nitrogens with zero attached hydrogens (tertiary/aromatic N) is 2. The van der Waals surface area contributed by atoms with Crippen molar-refractivity contribution in [2.45, 2.75) is 53.4 Å². The second kappa shape index (κ2) is 15.0. The summed E-state index contributed by atoms with van der Waals surface area (Å²) in [6.07, 6.45) is 3.61. The summed E-state index contributed by atoms with van der Waals surface area (Å²) < 4.78 is 0. The molecule has 0 radical (unpaired) electrons. The maximum absolute atomic E-state index is 11.4. The fourth-order valence-corrected chi connectivity index (χ4v) is 3.10. The van der Waals surface area contributed by atoms with Gasteiger partial charge in [0.25, 0.3) is 0 Å². The first-order valence-electron chi connectivity index (χ1n) is 11.2. The van der Waals surface area contributed by atoms with E-state index >= 15 is 0 Å². The van der Waals surface area contributed by atoms with Crippen LogP contribution in [0.25, 0.3) is 0 Å². The maximum Gasteiger partial charge on any atom is 2.00 e. The molecule has 5 heteroatoms. The van der Waals surface area contributed by atoms with Gasteiger partial charge in [-0.05, 0) is 57.4 Å². The first-order chi connectivity index (χ1) is 15.5. The van der Waals surface area contributed by atoms with Crippen molar-refractivity contribution in [2.24, 2.45) is 9.98 Å². The summed E-state index contributed by atoms with van der Waals surface area (Å²) in [4.78, 5) is 9.27. The Morgan fingerprint density at radius 3 is 1.82 bits per heavy atom. The first kappa shape index (κ1) is 28.1. The van der Waals surface area contributed by atoms with Crippen LogP contribution in [-0.4, -0.2) is 11.4 Å². The van der Waals surface area contributed by atoms with Gasteiger partial charge in [-0.3, -0.25) is 9.98 Å². The van der Waals surface area contributed by atoms with E-state index in [0.29, 0.717) is 11.1 Å². The summed E-state index contributed by atoms with van der Waals surface area (Å²) in [6.45, 7) is 7.86. The smallest absolute Gasteiger partial charge is 0.873 e. The molecule has 0 aromatic heterocycles. The fraction of sp³-hybridized carbons (Fsp3) is 0.286. The Balaban J connectivity index is 0.000000343. The van der Waals surface area contributed by atoms with Gasteiger partial charge in [-0.25, -0.2) is 0 Å². The Labute approximate surface area is 208 Å². The van der Waals surface area contributed by atoms with E-state index in [1.807, 2.05) is 67.6 Å². The zero-order valence-electron chi connectivity index (χ0n) is 19.8. The van der Waals surface area contributed by atoms with Crippen LogP contribution in [-0.2, 0) is 22.9 Å². The standard InChI is InChI=1S/C17H18N2.C11H16O2.Ni/c1-3-17(19-16-12-8-5-9-13-16)14(2)18-15-10-6-4-7-11-15;1-3-4-5-9-7-6-8(2)10(12)11(9)13;/h4-13H,3H2,1-2H3;6-7,12-13H,3-5H2,1-2H3;/q;;+2/p-2. The Hall–Kier alpha value is -2.91. The number of aliphatic imine (C=N–C) groups is 2. The van der Waals surface area contributed by atoms with Crippen molar-refractivity contribution in [3.05, 3.63) is 83.9 Å². The number of benzene rings is 3. The van der Waals surface area contributed by atoms with Gasteiger partial charge in [-0.15, -0.1) is 11.5 Å². The summed E-state index contributed by atoms with van der Waals surface area (Å²) in [7, 11) is 0. The minimum atomic E-state index is -0.339. The van der Waals surface area contributed by atoms with E-state index in [2.05, 4.69) is 23.8 Å². The molecule has 0 aliphatic heterocycles. The van der Waals surface area contributed by atoms with Crippen LogP contribution in [0.15, 0.2) is 82.8 Å². The first-order valence-corrected chi connectivity index (χ1v) is 11.2. The molecule has 0 aliphatic carbocycles. The molecule has 4 nitrogen and oxygen atoms in total. The summed E-state index contributed by atoms with van der Waals surface area (Å²) in [5.74, 6) is -0.651. The molecule has 0 spiro atoms. The molecule has 3 aromatic carbocycles. The van der Waals surface area contributed by atoms with Gasteiger partial charge in [-0.2, -0.15) is 0 Å². The van der Waals surface area contributed by atoms with Crippen LogP contribution in [0, 0.1) is 6.92 Å². The number of para-hydroxylation sites is 2. The fourth-order valence-electron chi connectivity index (χ4n) is 3.10. The van der Waals surface area contributed by atoms with E-state index in [1.54, 1.807) is 19.1 Å². The van der Waals surface area contributed by atoms with Crippen molar-refractivity contribution in [3.8, 4) is 11.5 Å². The molecular weight excluding hydrogens is 455 g/mol. The van der Waals surface area contributed by atoms with Crippen molar-refractivity contribution in [1.82, 2.24) is 0 Å². The normalized spacial score (nSPS) is 11.3. The van der Waals surface area contributed by atoms with E-state index < -0.39 is 0 Å². The third-order valence-electron chi connectivity index (χ3n) is 5.02. The molecule has 0 aliphatic rings. The van der Waals surface area contributed by atoms with E-state index in [1.165, 1.54) is 0 Å². The SMILES string of the molecule is CCC(=Nc1ccccc1)C(C)=Nc1ccccc1.CCCCc1ccc(C)c([O-])c1[O-].[Ni+2]. The zero-order valence-corrected chi connectivity index (χ0v) is 20.8. The van der Waals surface area contributed by atoms with E-state index in [9.17, 15) is 10.2 Å². The Bertz CT molecular complexity index is 1030. The molecular formula is C28H32N2NiO2. The number of hydrogen-bond acceptors (Lipinski definition) is 4. The van der Waals surface area contributed by atoms with Crippen molar-refractivity contribution in [1.29, 1.82) is 0 Å². The summed E-state index contributed by atoms with van der Waals surface area (Å²) >= 11 is 0. The van der Waals surface area contributed by atoms with Crippen LogP contribution >= 0.6 is 0 Å². The average molecular weight is 487 g/mol. The van der Waals surface area contributed by atoms with Crippen molar-refractivity contribution in [2.75, 3.05) is 0 Å². The zero-order chi connectivity index (χ0) is 23.3. The average Bonchev–Trinajstić information content (AvgIpc) is 2.82. The van der Waals surface area contributed by atoms with Gasteiger partial charge in [0.15, 0.2) is 0 Å². The van der Waals surface area contributed by atoms with Gasteiger partial charge in [0.05, 0.1) is 22.8 Å². The van der Waals surface area contributed by atoms with Gasteiger partial charge < -0.3 is 10.2 Å². The molecule has 33 heavy (non-hydrogen) atoms. The second-order valence-electron chi connectivity index (χ2n) is 7.58. The van der Waals surface area contributed by atoms with Gasteiger partial charge in [-0.1, -0.05) is 79.9 Å². The van der Waals surface area contributed by atoms with Gasteiger partial charge in [0, 0.05) is 0 Å². The van der Waals surface area contributed by atoms with Crippen LogP contribution in [0.3, 0.4) is 0 Å². The molecule has 176 valence electrons. The Kier molecular flexibility index (Phi) is 12.8. The van der Waals surface area contributed by atoms with E-state index in [0.717, 1.165) is 48.5 Å². The minimum Gasteiger partial charge on any atom is -0.873 e. The van der Waals surface area contributed by atoms with Gasteiger partial charge in [0.2, 0.25) is 0 Å². The van der Waals surface area contributed by atoms with Crippen molar-refractivity contribution in [3.63, 3.8) is 0 Å². The monoisotopic (exact) mass is 486 g/mol. The number of hydrogen-bond donors (Lipinski definition) is 0. The number of unbranched alkanes of at least 4 members (excludes halogenated alkanes) is 1. The second-order valence-corrected chi connectivity index (χ2v) is 7.58. The molecule has 3 rings (SSSR count). The molecule has 0 bridgehead atoms. The molecule has 0 unspecified atom stereocenters. The van der Waals surface area contributed by atoms with Crippen LogP contribution in [0.1, 0.15) is 51.2 Å². The largest absolute Gasteiger partial charge is 2.00 e. The maximum atomic E-state index is 11.4. The van der Waals surface area contributed by atoms with Gasteiger partial charge in [0.1, 0.15) is 0 Å². The molecule has 0 heterocycles. The molecule has 0 fully saturated rings. The summed E-state index contributed by atoms with van der Waals surface area (Å²) in [5.41, 5.74) is 5.14. The van der Waals surface area contributed by atoms with Crippen LogP contribution < -0.4 is 10.2 Å². The Morgan fingerprint density at radius 2 is 1.30 bits per heavy atom. The Morgan fingerprint density at radius 1 is 0.758 bits per heavy atom. The number of aryl methyl sites for hydroxylation is 2. The van der Waals surface area contributed by atoms with Crippen LogP contribution in [0.2, 0.25) is 0 Å². The van der Waals surface area contributed by atoms with Crippen molar-refractivity contribution < 1.29 is 26.7 Å². The number of rotatable bonds is 7. The van der Waals surface area contributed by atoms with E-state index in [-0.39, 0.29) is 28.0 Å². The molecule has 0 atom stereocenters. The third-order valence-corrected chi connectivity index (χ3v) is 5.02. The summed E-state index contributed by atoms with van der Waals surface area (Å²) in [6, 6.07) is 23.5. The van der Waals surface area contributed by atoms with Gasteiger partial charge >= 0.3 is 16.5 Å². The molecule has 0 amide bonds. The quantitative estimate of drug-likeness (QED) is 0.284. The third kappa shape index (κ3) is 9.23. The molecule has 0 saturated carbocycles. The van der Waals surface area contributed by atoms with E-state index in [4.69, 9.17) is 0 Å². The molecule has 3 aromatic rings. The topological polar surface area (TPSA) is 70.8 Å². The van der Waals surface area contributed by atoms with Crippen molar-refractivity contribution >= 4 is 22.8 Å². The predicted octanol–water partition coefficient (Wildman–Crippen LogP) is 6.44. The molecule has 0 N–H and O–H groups in total.